The van der Waals surface area contributed by atoms with Gasteiger partial charge in [0.25, 0.3) is 0 Å². The lowest BCUT2D eigenvalue weighted by molar-refractivity contribution is -0.202. The van der Waals surface area contributed by atoms with Crippen molar-refractivity contribution < 1.29 is 19.7 Å². The summed E-state index contributed by atoms with van der Waals surface area (Å²) in [6, 6.07) is 17.1. The molecule has 2 heterocycles. The van der Waals surface area contributed by atoms with E-state index in [1.165, 1.54) is 11.1 Å². The quantitative estimate of drug-likeness (QED) is 0.350. The van der Waals surface area contributed by atoms with E-state index in [0.717, 1.165) is 43.2 Å². The van der Waals surface area contributed by atoms with Gasteiger partial charge in [-0.1, -0.05) is 60.7 Å². The van der Waals surface area contributed by atoms with Crippen LogP contribution in [0.5, 0.6) is 0 Å². The Bertz CT molecular complexity index is 1270. The zero-order valence-corrected chi connectivity index (χ0v) is 24.1. The molecule has 1 saturated heterocycles. The number of hydrogen-bond acceptors (Lipinski definition) is 5. The summed E-state index contributed by atoms with van der Waals surface area (Å²) in [5.74, 6) is 1.12. The summed E-state index contributed by atoms with van der Waals surface area (Å²) >= 11 is 0. The predicted molar refractivity (Wildman–Crippen MR) is 154 cm³/mol. The van der Waals surface area contributed by atoms with Crippen LogP contribution in [0.4, 0.5) is 0 Å². The highest BCUT2D eigenvalue weighted by Crippen LogP contribution is 2.44. The monoisotopic (exact) mass is 543 g/mol. The summed E-state index contributed by atoms with van der Waals surface area (Å²) in [5, 5.41) is 19.6. The van der Waals surface area contributed by atoms with E-state index in [2.05, 4.69) is 63.8 Å². The van der Waals surface area contributed by atoms with Gasteiger partial charge in [-0.25, -0.2) is 4.98 Å². The Morgan fingerprint density at radius 3 is 2.36 bits per heavy atom. The second-order valence-electron chi connectivity index (χ2n) is 11.8. The van der Waals surface area contributed by atoms with Gasteiger partial charge in [0, 0.05) is 19.0 Å². The first-order valence-electron chi connectivity index (χ1n) is 13.9. The highest BCUT2D eigenvalue weighted by Gasteiger charge is 2.39. The number of aliphatic hydroxyl groups is 2. The van der Waals surface area contributed by atoms with Crippen molar-refractivity contribution >= 4 is 16.3 Å². The van der Waals surface area contributed by atoms with E-state index in [1.807, 2.05) is 43.7 Å². The minimum Gasteiger partial charge on any atom is -0.394 e. The Kier molecular flexibility index (Phi) is 8.00. The molecule has 2 aromatic carbocycles. The van der Waals surface area contributed by atoms with Gasteiger partial charge in [0.05, 0.1) is 28.0 Å². The molecule has 0 bridgehead atoms. The molecule has 1 aromatic heterocycles. The van der Waals surface area contributed by atoms with Gasteiger partial charge in [0.15, 0.2) is 6.29 Å². The van der Waals surface area contributed by atoms with Crippen molar-refractivity contribution in [3.05, 3.63) is 84.0 Å². The summed E-state index contributed by atoms with van der Waals surface area (Å²) in [7, 11) is 3.79. The second-order valence-corrected chi connectivity index (χ2v) is 12.7. The van der Waals surface area contributed by atoms with Gasteiger partial charge in [0.2, 0.25) is 0 Å². The minimum atomic E-state index is -0.872. The molecule has 205 valence electrons. The van der Waals surface area contributed by atoms with E-state index in [0.29, 0.717) is 18.3 Å². The van der Waals surface area contributed by atoms with E-state index in [9.17, 15) is 10.2 Å². The maximum absolute atomic E-state index is 10.5. The van der Waals surface area contributed by atoms with Gasteiger partial charge in [0.1, 0.15) is 11.0 Å². The summed E-state index contributed by atoms with van der Waals surface area (Å²) in [5.41, 5.74) is 3.42. The van der Waals surface area contributed by atoms with Crippen molar-refractivity contribution in [1.29, 1.82) is 0 Å². The fraction of sp³-hybridized carbons (Fsp3) is 0.469. The predicted octanol–water partition coefficient (Wildman–Crippen LogP) is 5.48. The fourth-order valence-corrected chi connectivity index (χ4v) is 5.96. The molecule has 1 aliphatic carbocycles. The van der Waals surface area contributed by atoms with Gasteiger partial charge in [-0.3, -0.25) is 0 Å². The Morgan fingerprint density at radius 1 is 1.10 bits per heavy atom. The lowest BCUT2D eigenvalue weighted by Gasteiger charge is -2.41. The van der Waals surface area contributed by atoms with Crippen LogP contribution in [-0.2, 0) is 20.2 Å². The van der Waals surface area contributed by atoms with Crippen molar-refractivity contribution in [2.45, 2.75) is 81.4 Å². The standard InChI is InChI=1S/C32H39N2O4Si/c1-30(22-35,34-18-17-33-29(34)32(3,39)38-28-6-4-5-19-37-28)16-15-23-7-9-24(10-8-23)25-11-13-26(14-12-25)27-20-31(2,36)21-27/h7-18,27-28,35-36H,4-6,19-22H2,1-3H3/b16-15+/t27?,28?,30-,31?,32+/m1/s1. The maximum Gasteiger partial charge on any atom is 0.158 e. The number of aliphatic hydroxyl groups excluding tert-OH is 1. The molecule has 1 saturated carbocycles. The molecule has 1 unspecified atom stereocenters. The highest BCUT2D eigenvalue weighted by molar-refractivity contribution is 6.14. The molecule has 2 fully saturated rings. The van der Waals surface area contributed by atoms with Crippen molar-refractivity contribution in [3.8, 4) is 11.1 Å². The molecule has 0 amide bonds. The third-order valence-electron chi connectivity index (χ3n) is 8.08. The highest BCUT2D eigenvalue weighted by atomic mass is 28.1. The van der Waals surface area contributed by atoms with E-state index >= 15 is 0 Å². The van der Waals surface area contributed by atoms with Crippen molar-refractivity contribution in [3.63, 3.8) is 0 Å². The van der Waals surface area contributed by atoms with E-state index < -0.39 is 16.4 Å². The van der Waals surface area contributed by atoms with Crippen LogP contribution >= 0.6 is 0 Å². The summed E-state index contributed by atoms with van der Waals surface area (Å²) in [6.07, 6.45) is 12.0. The largest absolute Gasteiger partial charge is 0.394 e. The number of nitrogens with zero attached hydrogens (tertiary/aromatic N) is 2. The maximum atomic E-state index is 10.5. The molecule has 3 aromatic rings. The van der Waals surface area contributed by atoms with Gasteiger partial charge >= 0.3 is 0 Å². The second kappa shape index (κ2) is 11.1. The van der Waals surface area contributed by atoms with Crippen LogP contribution in [-0.4, -0.2) is 55.1 Å². The third-order valence-corrected chi connectivity index (χ3v) is 8.42. The smallest absolute Gasteiger partial charge is 0.158 e. The Morgan fingerprint density at radius 2 is 1.77 bits per heavy atom. The van der Waals surface area contributed by atoms with Crippen LogP contribution in [0.3, 0.4) is 0 Å². The molecule has 1 aliphatic heterocycles. The van der Waals surface area contributed by atoms with Crippen LogP contribution in [0.15, 0.2) is 67.0 Å². The topological polar surface area (TPSA) is 76.7 Å². The normalized spacial score (nSPS) is 26.6. The first kappa shape index (κ1) is 28.0. The number of aromatic nitrogens is 2. The first-order valence-corrected chi connectivity index (χ1v) is 14.4. The Labute approximate surface area is 235 Å². The zero-order chi connectivity index (χ0) is 27.7. The van der Waals surface area contributed by atoms with E-state index in [-0.39, 0.29) is 12.9 Å². The van der Waals surface area contributed by atoms with Crippen molar-refractivity contribution in [1.82, 2.24) is 9.55 Å². The Balaban J connectivity index is 1.28. The number of benzene rings is 2. The average molecular weight is 544 g/mol. The molecule has 7 heteroatoms. The SMILES string of the molecule is CC1(O)CC(c2ccc(-c3ccc(/C=C/[C@](C)(CO)n4ccnc4[C@](C)([Si])OC4CCCCO4)cc3)cc2)C1. The van der Waals surface area contributed by atoms with E-state index in [4.69, 9.17) is 9.47 Å². The van der Waals surface area contributed by atoms with Crippen LogP contribution in [0.2, 0.25) is 0 Å². The molecule has 39 heavy (non-hydrogen) atoms. The average Bonchev–Trinajstić information content (AvgIpc) is 3.43. The zero-order valence-electron chi connectivity index (χ0n) is 23.1. The van der Waals surface area contributed by atoms with Crippen LogP contribution in [0.1, 0.15) is 75.7 Å². The summed E-state index contributed by atoms with van der Waals surface area (Å²) in [6.45, 7) is 6.41. The number of hydrogen-bond donors (Lipinski definition) is 2. The van der Waals surface area contributed by atoms with Crippen LogP contribution in [0.25, 0.3) is 17.2 Å². The molecule has 6 nitrogen and oxygen atoms in total. The van der Waals surface area contributed by atoms with Crippen molar-refractivity contribution in [2.24, 2.45) is 0 Å². The van der Waals surface area contributed by atoms with Gasteiger partial charge in [-0.15, -0.1) is 0 Å². The van der Waals surface area contributed by atoms with Gasteiger partial charge in [-0.2, -0.15) is 0 Å². The summed E-state index contributed by atoms with van der Waals surface area (Å²) in [4.78, 5) is 4.58. The number of ether oxygens (including phenoxy) is 2. The van der Waals surface area contributed by atoms with Crippen LogP contribution in [0, 0.1) is 0 Å². The molecular formula is C32H39N2O4Si. The van der Waals surface area contributed by atoms with Crippen LogP contribution < -0.4 is 0 Å². The third kappa shape index (κ3) is 6.28. The molecule has 0 spiro atoms. The first-order chi connectivity index (χ1) is 18.6. The van der Waals surface area contributed by atoms with Crippen molar-refractivity contribution in [2.75, 3.05) is 13.2 Å². The molecule has 5 rings (SSSR count). The lowest BCUT2D eigenvalue weighted by Crippen LogP contribution is -2.41. The molecule has 2 N–H and O–H groups in total. The van der Waals surface area contributed by atoms with E-state index in [1.54, 1.807) is 6.20 Å². The minimum absolute atomic E-state index is 0.101. The Hall–Kier alpha value is -2.55. The molecular weight excluding hydrogens is 504 g/mol. The fourth-order valence-electron chi connectivity index (χ4n) is 5.65. The summed E-state index contributed by atoms with van der Waals surface area (Å²) < 4.78 is 14.0. The molecule has 3 atom stereocenters. The van der Waals surface area contributed by atoms with Gasteiger partial charge in [-0.05, 0) is 81.0 Å². The number of rotatable bonds is 9. The molecule has 3 radical (unpaired) electrons. The molecule has 2 aliphatic rings. The lowest BCUT2D eigenvalue weighted by atomic mass is 9.69. The number of imidazole rings is 1. The van der Waals surface area contributed by atoms with Gasteiger partial charge < -0.3 is 24.3 Å².